The van der Waals surface area contributed by atoms with Crippen LogP contribution in [0.25, 0.3) is 21.5 Å². The molecule has 150 valence electrons. The van der Waals surface area contributed by atoms with Crippen LogP contribution in [-0.4, -0.2) is 16.6 Å². The summed E-state index contributed by atoms with van der Waals surface area (Å²) in [6.45, 7) is 11.9. The molecule has 0 fully saturated rings. The van der Waals surface area contributed by atoms with Gasteiger partial charge >= 0.3 is 0 Å². The maximum atomic E-state index is 14.4. The molecule has 8 heteroatoms. The van der Waals surface area contributed by atoms with Gasteiger partial charge < -0.3 is 8.85 Å². The lowest BCUT2D eigenvalue weighted by atomic mass is 10.0. The smallest absolute Gasteiger partial charge is 0.242 e. The van der Waals surface area contributed by atoms with Gasteiger partial charge in [-0.25, -0.2) is 17.6 Å². The van der Waals surface area contributed by atoms with E-state index in [0.29, 0.717) is 22.3 Å². The molecule has 0 bridgehead atoms. The van der Waals surface area contributed by atoms with Crippen LogP contribution in [0.1, 0.15) is 0 Å². The first kappa shape index (κ1) is 20.7. The van der Waals surface area contributed by atoms with Gasteiger partial charge in [-0.3, -0.25) is 0 Å². The van der Waals surface area contributed by atoms with Crippen molar-refractivity contribution in [3.05, 3.63) is 47.5 Å². The lowest BCUT2D eigenvalue weighted by Gasteiger charge is -2.24. The van der Waals surface area contributed by atoms with Crippen LogP contribution >= 0.6 is 0 Å². The van der Waals surface area contributed by atoms with Gasteiger partial charge in [0.2, 0.25) is 16.6 Å². The van der Waals surface area contributed by atoms with E-state index in [1.165, 1.54) is 12.1 Å². The van der Waals surface area contributed by atoms with E-state index in [0.717, 1.165) is 0 Å². The van der Waals surface area contributed by atoms with Crippen LogP contribution in [0.15, 0.2) is 24.3 Å². The molecule has 3 rings (SSSR count). The van der Waals surface area contributed by atoms with Gasteiger partial charge in [-0.05, 0) is 63.5 Å². The molecule has 0 aromatic heterocycles. The summed E-state index contributed by atoms with van der Waals surface area (Å²) < 4.78 is 68.4. The molecule has 0 atom stereocenters. The van der Waals surface area contributed by atoms with Gasteiger partial charge in [-0.15, -0.1) is 0 Å². The van der Waals surface area contributed by atoms with Crippen molar-refractivity contribution < 1.29 is 26.4 Å². The van der Waals surface area contributed by atoms with Crippen molar-refractivity contribution in [2.24, 2.45) is 0 Å². The number of halogens is 4. The molecule has 0 N–H and O–H groups in total. The molecule has 0 unspecified atom stereocenters. The van der Waals surface area contributed by atoms with Crippen LogP contribution in [0, 0.1) is 23.3 Å². The van der Waals surface area contributed by atoms with Crippen LogP contribution in [0.2, 0.25) is 39.3 Å². The van der Waals surface area contributed by atoms with Gasteiger partial charge in [-0.1, -0.05) is 0 Å². The fourth-order valence-electron chi connectivity index (χ4n) is 2.97. The van der Waals surface area contributed by atoms with Crippen molar-refractivity contribution in [1.29, 1.82) is 0 Å². The molecule has 0 aliphatic carbocycles. The number of benzene rings is 3. The molecule has 3 aromatic rings. The molecule has 0 radical (unpaired) electrons. The Balaban J connectivity index is 2.43. The first-order chi connectivity index (χ1) is 12.8. The largest absolute Gasteiger partial charge is 0.544 e. The van der Waals surface area contributed by atoms with Crippen LogP contribution in [0.5, 0.6) is 11.5 Å². The van der Waals surface area contributed by atoms with Crippen molar-refractivity contribution in [2.75, 3.05) is 0 Å². The summed E-state index contributed by atoms with van der Waals surface area (Å²) in [7, 11) is -4.05. The van der Waals surface area contributed by atoms with Crippen LogP contribution < -0.4 is 8.85 Å². The minimum Gasteiger partial charge on any atom is -0.544 e. The van der Waals surface area contributed by atoms with E-state index in [2.05, 4.69) is 0 Å². The van der Waals surface area contributed by atoms with Crippen molar-refractivity contribution in [1.82, 2.24) is 0 Å². The monoisotopic (exact) mass is 426 g/mol. The number of fused-ring (bicyclic) bond motifs is 2. The summed E-state index contributed by atoms with van der Waals surface area (Å²) in [6, 6.07) is 6.04. The Morgan fingerprint density at radius 2 is 0.857 bits per heavy atom. The Labute approximate surface area is 163 Å². The molecule has 0 spiro atoms. The highest BCUT2D eigenvalue weighted by Crippen LogP contribution is 2.40. The minimum atomic E-state index is -2.03. The first-order valence-electron chi connectivity index (χ1n) is 8.89. The predicted octanol–water partition coefficient (Wildman–Crippen LogP) is 6.98. The molecular formula is C20H22F4O2Si2. The first-order valence-corrected chi connectivity index (χ1v) is 15.7. The van der Waals surface area contributed by atoms with E-state index >= 15 is 0 Å². The molecule has 0 heterocycles. The second kappa shape index (κ2) is 6.77. The zero-order valence-electron chi connectivity index (χ0n) is 16.6. The summed E-state index contributed by atoms with van der Waals surface area (Å²) in [5.41, 5.74) is 0. The van der Waals surface area contributed by atoms with E-state index in [4.69, 9.17) is 8.85 Å². The van der Waals surface area contributed by atoms with Crippen molar-refractivity contribution in [3.63, 3.8) is 0 Å². The van der Waals surface area contributed by atoms with E-state index in [9.17, 15) is 17.6 Å². The maximum Gasteiger partial charge on any atom is 0.242 e. The second-order valence-electron chi connectivity index (χ2n) is 8.69. The predicted molar refractivity (Wildman–Crippen MR) is 109 cm³/mol. The van der Waals surface area contributed by atoms with Crippen molar-refractivity contribution in [2.45, 2.75) is 39.3 Å². The SMILES string of the molecule is C[Si](C)(C)Oc1ccc(O[Si](C)(C)C)c2cc3c(F)c(F)c(F)c(F)c3cc12. The lowest BCUT2D eigenvalue weighted by molar-refractivity contribution is 0.418. The van der Waals surface area contributed by atoms with Crippen LogP contribution in [-0.2, 0) is 0 Å². The Morgan fingerprint density at radius 1 is 0.536 bits per heavy atom. The molecule has 2 nitrogen and oxygen atoms in total. The quantitative estimate of drug-likeness (QED) is 0.147. The Hall–Kier alpha value is -2.07. The summed E-state index contributed by atoms with van der Waals surface area (Å²) in [5, 5.41) is 0.258. The molecule has 0 amide bonds. The summed E-state index contributed by atoms with van der Waals surface area (Å²) in [6.07, 6.45) is 0. The third-order valence-electron chi connectivity index (χ3n) is 3.96. The zero-order valence-corrected chi connectivity index (χ0v) is 18.6. The number of hydrogen-bond donors (Lipinski definition) is 0. The highest BCUT2D eigenvalue weighted by atomic mass is 28.4. The molecule has 0 aliphatic rings. The average molecular weight is 427 g/mol. The van der Waals surface area contributed by atoms with Crippen LogP contribution in [0.4, 0.5) is 17.6 Å². The van der Waals surface area contributed by atoms with E-state index in [-0.39, 0.29) is 10.8 Å². The fourth-order valence-corrected chi connectivity index (χ4v) is 4.64. The summed E-state index contributed by atoms with van der Waals surface area (Å²) in [5.74, 6) is -5.55. The average Bonchev–Trinajstić information content (AvgIpc) is 2.57. The van der Waals surface area contributed by atoms with Gasteiger partial charge in [0.1, 0.15) is 11.5 Å². The second-order valence-corrected chi connectivity index (χ2v) is 17.5. The molecular weight excluding hydrogens is 404 g/mol. The molecule has 0 aliphatic heterocycles. The third kappa shape index (κ3) is 3.88. The standard InChI is InChI=1S/C20H22F4O2Si2/c1-27(2,3)25-15-7-8-16(26-28(4,5)6)12-10-14-13(9-11(12)15)17(21)19(23)20(24)18(14)22/h7-10H,1-6H3. The van der Waals surface area contributed by atoms with E-state index in [1.54, 1.807) is 12.1 Å². The summed E-state index contributed by atoms with van der Waals surface area (Å²) >= 11 is 0. The summed E-state index contributed by atoms with van der Waals surface area (Å²) in [4.78, 5) is 0. The van der Waals surface area contributed by atoms with E-state index < -0.39 is 39.9 Å². The number of hydrogen-bond acceptors (Lipinski definition) is 2. The van der Waals surface area contributed by atoms with E-state index in [1.807, 2.05) is 39.3 Å². The van der Waals surface area contributed by atoms with Gasteiger partial charge in [0.15, 0.2) is 23.3 Å². The molecule has 0 saturated carbocycles. The van der Waals surface area contributed by atoms with Crippen LogP contribution in [0.3, 0.4) is 0 Å². The highest BCUT2D eigenvalue weighted by molar-refractivity contribution is 6.71. The lowest BCUT2D eigenvalue weighted by Crippen LogP contribution is -2.30. The topological polar surface area (TPSA) is 18.5 Å². The van der Waals surface area contributed by atoms with Gasteiger partial charge in [-0.2, -0.15) is 0 Å². The van der Waals surface area contributed by atoms with Gasteiger partial charge in [0.25, 0.3) is 0 Å². The van der Waals surface area contributed by atoms with Crippen molar-refractivity contribution >= 4 is 38.2 Å². The number of rotatable bonds is 4. The maximum absolute atomic E-state index is 14.4. The highest BCUT2D eigenvalue weighted by Gasteiger charge is 2.25. The third-order valence-corrected chi connectivity index (χ3v) is 5.62. The Morgan fingerprint density at radius 3 is 1.14 bits per heavy atom. The normalized spacial score (nSPS) is 12.6. The van der Waals surface area contributed by atoms with Gasteiger partial charge in [0.05, 0.1) is 0 Å². The minimum absolute atomic E-state index is 0.338. The van der Waals surface area contributed by atoms with Gasteiger partial charge in [0, 0.05) is 21.5 Å². The van der Waals surface area contributed by atoms with Crippen molar-refractivity contribution in [3.8, 4) is 11.5 Å². The Bertz CT molecular complexity index is 1000. The molecule has 3 aromatic carbocycles. The molecule has 28 heavy (non-hydrogen) atoms. The Kier molecular flexibility index (Phi) is 5.00. The molecule has 0 saturated heterocycles. The fraction of sp³-hybridized carbons (Fsp3) is 0.300. The zero-order chi connectivity index (χ0) is 21.0.